The first-order chi connectivity index (χ1) is 14.9. The highest BCUT2D eigenvalue weighted by Gasteiger charge is 2.18. The van der Waals surface area contributed by atoms with Crippen molar-refractivity contribution in [3.8, 4) is 22.1 Å². The molecule has 164 valence electrons. The molecule has 0 aliphatic carbocycles. The maximum absolute atomic E-state index is 12.6. The van der Waals surface area contributed by atoms with Gasteiger partial charge in [0.2, 0.25) is 5.91 Å². The minimum absolute atomic E-state index is 0.0181. The van der Waals surface area contributed by atoms with Gasteiger partial charge < -0.3 is 19.7 Å². The van der Waals surface area contributed by atoms with E-state index in [4.69, 9.17) is 21.1 Å². The van der Waals surface area contributed by atoms with E-state index in [0.717, 1.165) is 21.8 Å². The molecule has 1 amide bonds. The number of nitrogens with zero attached hydrogens (tertiary/aromatic N) is 2. The number of halogens is 1. The van der Waals surface area contributed by atoms with E-state index in [1.807, 2.05) is 66.8 Å². The van der Waals surface area contributed by atoms with E-state index in [2.05, 4.69) is 10.3 Å². The first-order valence-corrected chi connectivity index (χ1v) is 11.0. The van der Waals surface area contributed by atoms with Crippen LogP contribution in [0.3, 0.4) is 0 Å². The topological polar surface area (TPSA) is 63.7 Å². The predicted octanol–water partition coefficient (Wildman–Crippen LogP) is 4.44. The van der Waals surface area contributed by atoms with Gasteiger partial charge >= 0.3 is 0 Å². The zero-order valence-corrected chi connectivity index (χ0v) is 19.6. The average Bonchev–Trinajstić information content (AvgIpc) is 3.22. The molecule has 1 heterocycles. The smallest absolute Gasteiger partial charge is 0.226 e. The molecule has 0 fully saturated rings. The van der Waals surface area contributed by atoms with Crippen LogP contribution in [0.15, 0.2) is 47.8 Å². The standard InChI is InChI=1S/C23H26ClN3O3S/c1-27(2)19(17-7-5-6-8-18(17)24)13-25-22(28)12-16-14-31-23(26-16)15-9-10-20(29-3)21(11-15)30-4/h5-11,14,19H,12-13H2,1-4H3,(H,25,28). The van der Waals surface area contributed by atoms with Crippen LogP contribution < -0.4 is 14.8 Å². The van der Waals surface area contributed by atoms with Crippen LogP contribution in [0.25, 0.3) is 10.6 Å². The Balaban J connectivity index is 1.64. The van der Waals surface area contributed by atoms with E-state index in [-0.39, 0.29) is 18.4 Å². The Morgan fingerprint density at radius 3 is 2.58 bits per heavy atom. The number of aromatic nitrogens is 1. The minimum atomic E-state index is -0.0805. The van der Waals surface area contributed by atoms with Crippen LogP contribution in [-0.4, -0.2) is 50.7 Å². The predicted molar refractivity (Wildman–Crippen MR) is 125 cm³/mol. The number of hydrogen-bond acceptors (Lipinski definition) is 6. The quantitative estimate of drug-likeness (QED) is 0.512. The lowest BCUT2D eigenvalue weighted by Gasteiger charge is -2.26. The third kappa shape index (κ3) is 5.76. The fourth-order valence-electron chi connectivity index (χ4n) is 3.24. The second-order valence-electron chi connectivity index (χ2n) is 7.20. The van der Waals surface area contributed by atoms with Crippen LogP contribution in [0.5, 0.6) is 11.5 Å². The van der Waals surface area contributed by atoms with Crippen molar-refractivity contribution in [3.63, 3.8) is 0 Å². The van der Waals surface area contributed by atoms with Crippen LogP contribution in [0.4, 0.5) is 0 Å². The lowest BCUT2D eigenvalue weighted by molar-refractivity contribution is -0.120. The second kappa shape index (κ2) is 10.6. The Morgan fingerprint density at radius 1 is 1.16 bits per heavy atom. The van der Waals surface area contributed by atoms with Crippen molar-refractivity contribution in [1.82, 2.24) is 15.2 Å². The van der Waals surface area contributed by atoms with E-state index in [9.17, 15) is 4.79 Å². The summed E-state index contributed by atoms with van der Waals surface area (Å²) < 4.78 is 10.6. The number of thiazole rings is 1. The number of likely N-dealkylation sites (N-methyl/N-ethyl adjacent to an activating group) is 1. The maximum Gasteiger partial charge on any atom is 0.226 e. The molecule has 31 heavy (non-hydrogen) atoms. The van der Waals surface area contributed by atoms with Gasteiger partial charge in [-0.15, -0.1) is 11.3 Å². The Morgan fingerprint density at radius 2 is 1.90 bits per heavy atom. The lowest BCUT2D eigenvalue weighted by atomic mass is 10.1. The molecule has 1 unspecified atom stereocenters. The van der Waals surface area contributed by atoms with Gasteiger partial charge in [0, 0.05) is 22.5 Å². The van der Waals surface area contributed by atoms with Gasteiger partial charge in [-0.05, 0) is 43.9 Å². The van der Waals surface area contributed by atoms with Crippen molar-refractivity contribution in [2.75, 3.05) is 34.9 Å². The molecule has 3 aromatic rings. The van der Waals surface area contributed by atoms with E-state index < -0.39 is 0 Å². The summed E-state index contributed by atoms with van der Waals surface area (Å²) >= 11 is 7.84. The van der Waals surface area contributed by atoms with Crippen molar-refractivity contribution in [2.45, 2.75) is 12.5 Å². The number of amides is 1. The molecule has 6 nitrogen and oxygen atoms in total. The third-order valence-electron chi connectivity index (χ3n) is 4.90. The Hall–Kier alpha value is -2.61. The summed E-state index contributed by atoms with van der Waals surface area (Å²) in [5.74, 6) is 1.23. The summed E-state index contributed by atoms with van der Waals surface area (Å²) in [6.45, 7) is 0.461. The summed E-state index contributed by atoms with van der Waals surface area (Å²) in [6, 6.07) is 13.3. The van der Waals surface area contributed by atoms with Gasteiger partial charge in [-0.25, -0.2) is 4.98 Å². The molecule has 0 saturated carbocycles. The van der Waals surface area contributed by atoms with Crippen LogP contribution >= 0.6 is 22.9 Å². The summed E-state index contributed by atoms with van der Waals surface area (Å²) in [4.78, 5) is 19.2. The summed E-state index contributed by atoms with van der Waals surface area (Å²) in [6.07, 6.45) is 0.215. The van der Waals surface area contributed by atoms with E-state index >= 15 is 0 Å². The number of rotatable bonds is 9. The number of methoxy groups -OCH3 is 2. The molecule has 0 saturated heterocycles. The zero-order valence-electron chi connectivity index (χ0n) is 18.0. The molecule has 3 rings (SSSR count). The number of benzene rings is 2. The molecule has 0 radical (unpaired) electrons. The summed E-state index contributed by atoms with van der Waals surface area (Å²) in [5.41, 5.74) is 2.63. The average molecular weight is 460 g/mol. The van der Waals surface area contributed by atoms with Crippen LogP contribution in [0.2, 0.25) is 5.02 Å². The van der Waals surface area contributed by atoms with Crippen LogP contribution in [-0.2, 0) is 11.2 Å². The highest BCUT2D eigenvalue weighted by molar-refractivity contribution is 7.13. The molecule has 2 aromatic carbocycles. The number of nitrogens with one attached hydrogen (secondary N) is 1. The molecule has 0 spiro atoms. The monoisotopic (exact) mass is 459 g/mol. The maximum atomic E-state index is 12.6. The van der Waals surface area contributed by atoms with Crippen molar-refractivity contribution < 1.29 is 14.3 Å². The van der Waals surface area contributed by atoms with Gasteiger partial charge in [0.1, 0.15) is 5.01 Å². The van der Waals surface area contributed by atoms with Crippen molar-refractivity contribution >= 4 is 28.8 Å². The zero-order chi connectivity index (χ0) is 22.4. The Labute approximate surface area is 191 Å². The second-order valence-corrected chi connectivity index (χ2v) is 8.46. The van der Waals surface area contributed by atoms with E-state index in [1.54, 1.807) is 14.2 Å². The molecular formula is C23H26ClN3O3S. The van der Waals surface area contributed by atoms with Crippen LogP contribution in [0, 0.1) is 0 Å². The number of carbonyl (C=O) groups excluding carboxylic acids is 1. The lowest BCUT2D eigenvalue weighted by Crippen LogP contribution is -2.35. The van der Waals surface area contributed by atoms with E-state index in [1.165, 1.54) is 11.3 Å². The van der Waals surface area contributed by atoms with Crippen molar-refractivity contribution in [1.29, 1.82) is 0 Å². The summed E-state index contributed by atoms with van der Waals surface area (Å²) in [5, 5.41) is 6.43. The highest BCUT2D eigenvalue weighted by Crippen LogP contribution is 2.33. The Bertz CT molecular complexity index is 1040. The van der Waals surface area contributed by atoms with Gasteiger partial charge in [-0.3, -0.25) is 4.79 Å². The van der Waals surface area contributed by atoms with Gasteiger partial charge in [0.05, 0.1) is 32.4 Å². The molecule has 1 atom stereocenters. The molecular weight excluding hydrogens is 434 g/mol. The van der Waals surface area contributed by atoms with Crippen LogP contribution in [0.1, 0.15) is 17.3 Å². The first-order valence-electron chi connectivity index (χ1n) is 9.77. The minimum Gasteiger partial charge on any atom is -0.493 e. The highest BCUT2D eigenvalue weighted by atomic mass is 35.5. The fraction of sp³-hybridized carbons (Fsp3) is 0.304. The molecule has 1 aromatic heterocycles. The third-order valence-corrected chi connectivity index (χ3v) is 6.19. The molecule has 8 heteroatoms. The number of hydrogen-bond donors (Lipinski definition) is 1. The normalized spacial score (nSPS) is 11.9. The van der Waals surface area contributed by atoms with Gasteiger partial charge in [0.15, 0.2) is 11.5 Å². The Kier molecular flexibility index (Phi) is 7.90. The fourth-order valence-corrected chi connectivity index (χ4v) is 4.32. The number of carbonyl (C=O) groups is 1. The SMILES string of the molecule is COc1ccc(-c2nc(CC(=O)NCC(c3ccccc3Cl)N(C)C)cs2)cc1OC. The molecule has 0 aliphatic rings. The first kappa shape index (κ1) is 23.1. The van der Waals surface area contributed by atoms with Gasteiger partial charge in [0.25, 0.3) is 0 Å². The van der Waals surface area contributed by atoms with Crippen molar-refractivity contribution in [2.24, 2.45) is 0 Å². The van der Waals surface area contributed by atoms with Gasteiger partial charge in [-0.1, -0.05) is 29.8 Å². The molecule has 0 aliphatic heterocycles. The molecule has 1 N–H and O–H groups in total. The molecule has 0 bridgehead atoms. The largest absolute Gasteiger partial charge is 0.493 e. The van der Waals surface area contributed by atoms with E-state index in [0.29, 0.717) is 23.1 Å². The van der Waals surface area contributed by atoms with Gasteiger partial charge in [-0.2, -0.15) is 0 Å². The number of ether oxygens (including phenoxy) is 2. The van der Waals surface area contributed by atoms with Crippen molar-refractivity contribution in [3.05, 3.63) is 64.1 Å². The summed E-state index contributed by atoms with van der Waals surface area (Å²) in [7, 11) is 7.14.